The van der Waals surface area contributed by atoms with Crippen LogP contribution >= 0.6 is 0 Å². The molecule has 2 N–H and O–H groups in total. The molecule has 1 amide bonds. The summed E-state index contributed by atoms with van der Waals surface area (Å²) < 4.78 is 0. The lowest BCUT2D eigenvalue weighted by molar-refractivity contribution is 0.0787. The van der Waals surface area contributed by atoms with Gasteiger partial charge in [-0.2, -0.15) is 0 Å². The number of carbonyl (C=O) groups excluding carboxylic acids is 1. The lowest BCUT2D eigenvalue weighted by atomic mass is 9.75. The van der Waals surface area contributed by atoms with Crippen LogP contribution < -0.4 is 5.73 Å². The number of likely N-dealkylation sites (N-methyl/N-ethyl adjacent to an activating group) is 1. The van der Waals surface area contributed by atoms with Crippen LogP contribution in [0, 0.1) is 5.41 Å². The summed E-state index contributed by atoms with van der Waals surface area (Å²) in [5.74, 6) is 0.303. The molecule has 1 aliphatic heterocycles. The molecule has 0 unspecified atom stereocenters. The van der Waals surface area contributed by atoms with Crippen LogP contribution in [0.25, 0.3) is 5.57 Å². The van der Waals surface area contributed by atoms with E-state index < -0.39 is 0 Å². The fourth-order valence-electron chi connectivity index (χ4n) is 5.84. The van der Waals surface area contributed by atoms with Crippen LogP contribution in [0.3, 0.4) is 0 Å². The predicted octanol–water partition coefficient (Wildman–Crippen LogP) is 5.04. The van der Waals surface area contributed by atoms with Gasteiger partial charge in [0.15, 0.2) is 0 Å². The molecule has 0 bridgehead atoms. The van der Waals surface area contributed by atoms with Crippen molar-refractivity contribution >= 4 is 11.5 Å². The third-order valence-electron chi connectivity index (χ3n) is 8.17. The summed E-state index contributed by atoms with van der Waals surface area (Å²) in [6.07, 6.45) is 10.7. The SMILES string of the molecule is CCN1CCN(C2CCC(c3ccc(C(N)=O)c(C4=CCC(C)(C)CC4)c3)CC2)CC1. The molecule has 1 aromatic carbocycles. The molecule has 4 rings (SSSR count). The summed E-state index contributed by atoms with van der Waals surface area (Å²) in [6, 6.07) is 7.21. The molecule has 0 radical (unpaired) electrons. The zero-order valence-corrected chi connectivity index (χ0v) is 19.8. The first kappa shape index (κ1) is 22.5. The van der Waals surface area contributed by atoms with E-state index in [0.717, 1.165) is 30.9 Å². The molecule has 4 nitrogen and oxygen atoms in total. The highest BCUT2D eigenvalue weighted by atomic mass is 16.1. The second kappa shape index (κ2) is 9.46. The molecular formula is C27H41N3O. The molecule has 2 aliphatic carbocycles. The van der Waals surface area contributed by atoms with Crippen molar-refractivity contribution in [3.05, 3.63) is 41.0 Å². The summed E-state index contributed by atoms with van der Waals surface area (Å²) in [5, 5.41) is 0. The molecule has 4 heteroatoms. The van der Waals surface area contributed by atoms with E-state index in [9.17, 15) is 4.79 Å². The van der Waals surface area contributed by atoms with Gasteiger partial charge in [-0.25, -0.2) is 0 Å². The second-order valence-electron chi connectivity index (χ2n) is 10.7. The van der Waals surface area contributed by atoms with E-state index in [4.69, 9.17) is 5.73 Å². The Balaban J connectivity index is 1.45. The average Bonchev–Trinajstić information content (AvgIpc) is 2.79. The number of nitrogens with two attached hydrogens (primary N) is 1. The van der Waals surface area contributed by atoms with Crippen LogP contribution in [0.15, 0.2) is 24.3 Å². The van der Waals surface area contributed by atoms with Crippen molar-refractivity contribution in [1.29, 1.82) is 0 Å². The maximum Gasteiger partial charge on any atom is 0.249 e. The van der Waals surface area contributed by atoms with E-state index in [2.05, 4.69) is 48.8 Å². The van der Waals surface area contributed by atoms with E-state index in [0.29, 0.717) is 16.9 Å². The Labute approximate surface area is 188 Å². The van der Waals surface area contributed by atoms with Gasteiger partial charge in [-0.05, 0) is 85.6 Å². The first-order valence-electron chi connectivity index (χ1n) is 12.5. The number of allylic oxidation sites excluding steroid dienone is 2. The molecule has 0 aromatic heterocycles. The van der Waals surface area contributed by atoms with Crippen molar-refractivity contribution in [3.63, 3.8) is 0 Å². The monoisotopic (exact) mass is 423 g/mol. The summed E-state index contributed by atoms with van der Waals surface area (Å²) in [7, 11) is 0. The molecule has 170 valence electrons. The third kappa shape index (κ3) is 5.23. The molecular weight excluding hydrogens is 382 g/mol. The fraction of sp³-hybridized carbons (Fsp3) is 0.667. The van der Waals surface area contributed by atoms with Gasteiger partial charge in [0.1, 0.15) is 0 Å². The maximum atomic E-state index is 12.1. The first-order chi connectivity index (χ1) is 14.9. The molecule has 0 spiro atoms. The van der Waals surface area contributed by atoms with Gasteiger partial charge in [-0.15, -0.1) is 0 Å². The number of hydrogen-bond donors (Lipinski definition) is 1. The van der Waals surface area contributed by atoms with Gasteiger partial charge in [-0.3, -0.25) is 9.69 Å². The van der Waals surface area contributed by atoms with Crippen molar-refractivity contribution in [2.45, 2.75) is 77.7 Å². The van der Waals surface area contributed by atoms with Crippen LogP contribution in [0.4, 0.5) is 0 Å². The van der Waals surface area contributed by atoms with E-state index in [-0.39, 0.29) is 5.91 Å². The Bertz CT molecular complexity index is 812. The van der Waals surface area contributed by atoms with Gasteiger partial charge >= 0.3 is 0 Å². The minimum Gasteiger partial charge on any atom is -0.366 e. The zero-order valence-electron chi connectivity index (χ0n) is 19.8. The van der Waals surface area contributed by atoms with Gasteiger partial charge in [0.05, 0.1) is 0 Å². The average molecular weight is 424 g/mol. The highest BCUT2D eigenvalue weighted by molar-refractivity contribution is 5.98. The van der Waals surface area contributed by atoms with Crippen LogP contribution in [-0.2, 0) is 0 Å². The van der Waals surface area contributed by atoms with Gasteiger partial charge in [-0.1, -0.05) is 39.0 Å². The largest absolute Gasteiger partial charge is 0.366 e. The molecule has 1 aromatic rings. The quantitative estimate of drug-likeness (QED) is 0.721. The number of carbonyl (C=O) groups is 1. The Hall–Kier alpha value is -1.65. The van der Waals surface area contributed by atoms with Gasteiger partial charge in [0, 0.05) is 37.8 Å². The molecule has 31 heavy (non-hydrogen) atoms. The molecule has 1 saturated carbocycles. The highest BCUT2D eigenvalue weighted by Crippen LogP contribution is 2.41. The van der Waals surface area contributed by atoms with Crippen LogP contribution in [-0.4, -0.2) is 54.5 Å². The molecule has 1 heterocycles. The number of primary amides is 1. The van der Waals surface area contributed by atoms with Gasteiger partial charge in [0.25, 0.3) is 0 Å². The summed E-state index contributed by atoms with van der Waals surface area (Å²) in [4.78, 5) is 17.4. The normalized spacial score (nSPS) is 27.6. The van der Waals surface area contributed by atoms with Gasteiger partial charge in [0.2, 0.25) is 5.91 Å². The van der Waals surface area contributed by atoms with Crippen molar-refractivity contribution in [3.8, 4) is 0 Å². The van der Waals surface area contributed by atoms with E-state index in [1.807, 2.05) is 6.07 Å². The Morgan fingerprint density at radius 3 is 2.39 bits per heavy atom. The highest BCUT2D eigenvalue weighted by Gasteiger charge is 2.30. The van der Waals surface area contributed by atoms with E-state index in [1.165, 1.54) is 69.5 Å². The van der Waals surface area contributed by atoms with Gasteiger partial charge < -0.3 is 10.6 Å². The Kier molecular flexibility index (Phi) is 6.88. The lowest BCUT2D eigenvalue weighted by Gasteiger charge is -2.42. The van der Waals surface area contributed by atoms with Crippen LogP contribution in [0.5, 0.6) is 0 Å². The van der Waals surface area contributed by atoms with Crippen molar-refractivity contribution in [2.24, 2.45) is 11.1 Å². The number of rotatable bonds is 5. The summed E-state index contributed by atoms with van der Waals surface area (Å²) >= 11 is 0. The van der Waals surface area contributed by atoms with Crippen molar-refractivity contribution < 1.29 is 4.79 Å². The zero-order chi connectivity index (χ0) is 22.0. The minimum absolute atomic E-state index is 0.304. The minimum atomic E-state index is -0.304. The third-order valence-corrected chi connectivity index (χ3v) is 8.17. The Morgan fingerprint density at radius 2 is 1.81 bits per heavy atom. The molecule has 3 aliphatic rings. The number of nitrogens with zero attached hydrogens (tertiary/aromatic N) is 2. The lowest BCUT2D eigenvalue weighted by Crippen LogP contribution is -2.50. The smallest absolute Gasteiger partial charge is 0.249 e. The van der Waals surface area contributed by atoms with Crippen LogP contribution in [0.2, 0.25) is 0 Å². The summed E-state index contributed by atoms with van der Waals surface area (Å²) in [6.45, 7) is 13.0. The number of amides is 1. The molecule has 0 atom stereocenters. The summed E-state index contributed by atoms with van der Waals surface area (Å²) in [5.41, 5.74) is 10.6. The number of hydrogen-bond acceptors (Lipinski definition) is 3. The van der Waals surface area contributed by atoms with E-state index in [1.54, 1.807) is 0 Å². The number of benzene rings is 1. The number of piperazine rings is 1. The van der Waals surface area contributed by atoms with Crippen molar-refractivity contribution in [2.75, 3.05) is 32.7 Å². The fourth-order valence-corrected chi connectivity index (χ4v) is 5.84. The second-order valence-corrected chi connectivity index (χ2v) is 10.7. The standard InChI is InChI=1S/C27H41N3O/c1-4-29-15-17-30(18-16-29)23-8-5-20(6-9-23)22-7-10-24(26(28)31)25(19-22)21-11-13-27(2,3)14-12-21/h7,10-11,19-20,23H,4-6,8-9,12-18H2,1-3H3,(H2,28,31). The topological polar surface area (TPSA) is 49.6 Å². The maximum absolute atomic E-state index is 12.1. The van der Waals surface area contributed by atoms with Crippen LogP contribution in [0.1, 0.15) is 93.1 Å². The Morgan fingerprint density at radius 1 is 1.10 bits per heavy atom. The predicted molar refractivity (Wildman–Crippen MR) is 129 cm³/mol. The first-order valence-corrected chi connectivity index (χ1v) is 12.5. The molecule has 1 saturated heterocycles. The molecule has 2 fully saturated rings. The van der Waals surface area contributed by atoms with E-state index >= 15 is 0 Å². The van der Waals surface area contributed by atoms with Crippen molar-refractivity contribution in [1.82, 2.24) is 9.80 Å².